The van der Waals surface area contributed by atoms with Gasteiger partial charge in [-0.1, -0.05) is 17.7 Å². The summed E-state index contributed by atoms with van der Waals surface area (Å²) in [6.07, 6.45) is 0. The summed E-state index contributed by atoms with van der Waals surface area (Å²) in [4.78, 5) is 13.6. The zero-order valence-corrected chi connectivity index (χ0v) is 12.0. The van der Waals surface area contributed by atoms with Gasteiger partial charge in [-0.05, 0) is 17.7 Å². The van der Waals surface area contributed by atoms with Gasteiger partial charge in [0.1, 0.15) is 5.82 Å². The molecule has 3 nitrogen and oxygen atoms in total. The van der Waals surface area contributed by atoms with Crippen molar-refractivity contribution in [2.75, 3.05) is 32.1 Å². The summed E-state index contributed by atoms with van der Waals surface area (Å²) in [5.74, 6) is 0.600. The average Bonchev–Trinajstić information content (AvgIpc) is 2.42. The molecule has 0 spiro atoms. The van der Waals surface area contributed by atoms with Gasteiger partial charge < -0.3 is 9.64 Å². The van der Waals surface area contributed by atoms with Crippen LogP contribution in [0.4, 0.5) is 4.39 Å². The van der Waals surface area contributed by atoms with Crippen LogP contribution in [-0.2, 0) is 15.3 Å². The highest BCUT2D eigenvalue weighted by Gasteiger charge is 2.16. The maximum absolute atomic E-state index is 13.5. The molecule has 1 aromatic rings. The summed E-state index contributed by atoms with van der Waals surface area (Å²) in [5.41, 5.74) is 0.573. The highest BCUT2D eigenvalue weighted by Crippen LogP contribution is 2.19. The van der Waals surface area contributed by atoms with Crippen LogP contribution in [0.5, 0.6) is 0 Å². The minimum absolute atomic E-state index is 0.0858. The maximum Gasteiger partial charge on any atom is 0.232 e. The topological polar surface area (TPSA) is 29.5 Å². The van der Waals surface area contributed by atoms with Crippen LogP contribution in [0, 0.1) is 5.82 Å². The Morgan fingerprint density at radius 1 is 1.42 bits per heavy atom. The molecule has 1 saturated heterocycles. The first-order chi connectivity index (χ1) is 9.16. The smallest absolute Gasteiger partial charge is 0.232 e. The summed E-state index contributed by atoms with van der Waals surface area (Å²) in [6, 6.07) is 4.61. The Morgan fingerprint density at radius 2 is 2.16 bits per heavy atom. The number of hydrogen-bond acceptors (Lipinski definition) is 3. The van der Waals surface area contributed by atoms with Crippen LogP contribution in [-0.4, -0.2) is 42.9 Å². The lowest BCUT2D eigenvalue weighted by atomic mass is 10.2. The van der Waals surface area contributed by atoms with Crippen molar-refractivity contribution in [1.29, 1.82) is 0 Å². The van der Waals surface area contributed by atoms with Gasteiger partial charge in [0, 0.05) is 23.9 Å². The van der Waals surface area contributed by atoms with E-state index in [9.17, 15) is 9.18 Å². The molecule has 0 unspecified atom stereocenters. The van der Waals surface area contributed by atoms with E-state index >= 15 is 0 Å². The number of hydrogen-bond donors (Lipinski definition) is 0. The maximum atomic E-state index is 13.5. The summed E-state index contributed by atoms with van der Waals surface area (Å²) >= 11 is 7.10. The molecule has 2 rings (SSSR count). The van der Waals surface area contributed by atoms with Gasteiger partial charge in [0.15, 0.2) is 0 Å². The number of carbonyl (C=O) groups is 1. The highest BCUT2D eigenvalue weighted by atomic mass is 35.5. The van der Waals surface area contributed by atoms with E-state index in [0.29, 0.717) is 48.4 Å². The molecule has 1 amide bonds. The fourth-order valence-corrected chi connectivity index (χ4v) is 2.86. The van der Waals surface area contributed by atoms with Crippen molar-refractivity contribution in [2.24, 2.45) is 0 Å². The number of carbonyl (C=O) groups excluding carboxylic acids is 1. The highest BCUT2D eigenvalue weighted by molar-refractivity contribution is 7.99. The standard InChI is InChI=1S/C13H15ClFNO2S/c14-11-2-1-10(12(15)7-11)8-19-9-13(17)16-3-5-18-6-4-16/h1-2,7H,3-6,8-9H2. The Balaban J connectivity index is 1.78. The average molecular weight is 304 g/mol. The van der Waals surface area contributed by atoms with Crippen molar-refractivity contribution in [1.82, 2.24) is 4.90 Å². The summed E-state index contributed by atoms with van der Waals surface area (Å²) < 4.78 is 18.7. The van der Waals surface area contributed by atoms with E-state index in [1.807, 2.05) is 0 Å². The number of thioether (sulfide) groups is 1. The number of amides is 1. The molecule has 1 heterocycles. The molecule has 1 aliphatic rings. The van der Waals surface area contributed by atoms with Crippen molar-refractivity contribution in [2.45, 2.75) is 5.75 Å². The Morgan fingerprint density at radius 3 is 2.84 bits per heavy atom. The summed E-state index contributed by atoms with van der Waals surface area (Å²) in [7, 11) is 0. The number of halogens is 2. The molecule has 0 radical (unpaired) electrons. The second-order valence-electron chi connectivity index (χ2n) is 4.22. The zero-order chi connectivity index (χ0) is 13.7. The fourth-order valence-electron chi connectivity index (χ4n) is 1.79. The Hall–Kier alpha value is -0.780. The van der Waals surface area contributed by atoms with Gasteiger partial charge in [-0.25, -0.2) is 4.39 Å². The van der Waals surface area contributed by atoms with Crippen LogP contribution >= 0.6 is 23.4 Å². The molecule has 104 valence electrons. The first-order valence-corrected chi connectivity index (χ1v) is 7.57. The first-order valence-electron chi connectivity index (χ1n) is 6.04. The fraction of sp³-hybridized carbons (Fsp3) is 0.462. The van der Waals surface area contributed by atoms with E-state index in [2.05, 4.69) is 0 Å². The number of nitrogens with zero attached hydrogens (tertiary/aromatic N) is 1. The van der Waals surface area contributed by atoms with Gasteiger partial charge in [0.05, 0.1) is 19.0 Å². The predicted octanol–water partition coefficient (Wildman–Crippen LogP) is 2.57. The zero-order valence-electron chi connectivity index (χ0n) is 10.4. The molecule has 0 aromatic heterocycles. The molecular formula is C13H15ClFNO2S. The minimum Gasteiger partial charge on any atom is -0.378 e. The van der Waals surface area contributed by atoms with E-state index in [1.165, 1.54) is 17.8 Å². The van der Waals surface area contributed by atoms with E-state index < -0.39 is 0 Å². The Kier molecular flexibility index (Phi) is 5.48. The van der Waals surface area contributed by atoms with Crippen LogP contribution < -0.4 is 0 Å². The van der Waals surface area contributed by atoms with Gasteiger partial charge in [0.2, 0.25) is 5.91 Å². The predicted molar refractivity (Wildman–Crippen MR) is 75.0 cm³/mol. The van der Waals surface area contributed by atoms with Crippen molar-refractivity contribution >= 4 is 29.3 Å². The molecule has 0 aliphatic carbocycles. The number of rotatable bonds is 4. The van der Waals surface area contributed by atoms with Gasteiger partial charge >= 0.3 is 0 Å². The van der Waals surface area contributed by atoms with Gasteiger partial charge in [-0.2, -0.15) is 0 Å². The van der Waals surface area contributed by atoms with Crippen LogP contribution in [0.25, 0.3) is 0 Å². The third-order valence-electron chi connectivity index (χ3n) is 2.86. The molecule has 0 bridgehead atoms. The van der Waals surface area contributed by atoms with Gasteiger partial charge in [-0.3, -0.25) is 4.79 Å². The molecule has 19 heavy (non-hydrogen) atoms. The largest absolute Gasteiger partial charge is 0.378 e. The number of benzene rings is 1. The molecule has 1 aliphatic heterocycles. The van der Waals surface area contributed by atoms with E-state index in [4.69, 9.17) is 16.3 Å². The second-order valence-corrected chi connectivity index (χ2v) is 5.64. The van der Waals surface area contributed by atoms with Gasteiger partial charge in [-0.15, -0.1) is 11.8 Å². The number of morpholine rings is 1. The van der Waals surface area contributed by atoms with Crippen LogP contribution in [0.2, 0.25) is 5.02 Å². The lowest BCUT2D eigenvalue weighted by molar-refractivity contribution is -0.132. The van der Waals surface area contributed by atoms with Crippen molar-refractivity contribution in [3.05, 3.63) is 34.6 Å². The summed E-state index contributed by atoms with van der Waals surface area (Å²) in [6.45, 7) is 2.49. The van der Waals surface area contributed by atoms with E-state index in [-0.39, 0.29) is 11.7 Å². The van der Waals surface area contributed by atoms with E-state index in [1.54, 1.807) is 17.0 Å². The van der Waals surface area contributed by atoms with Crippen LogP contribution in [0.1, 0.15) is 5.56 Å². The monoisotopic (exact) mass is 303 g/mol. The third kappa shape index (κ3) is 4.37. The van der Waals surface area contributed by atoms with Crippen molar-refractivity contribution < 1.29 is 13.9 Å². The molecular weight excluding hydrogens is 289 g/mol. The quantitative estimate of drug-likeness (QED) is 0.856. The first kappa shape index (κ1) is 14.6. The molecule has 6 heteroatoms. The van der Waals surface area contributed by atoms with E-state index in [0.717, 1.165) is 0 Å². The van der Waals surface area contributed by atoms with Crippen molar-refractivity contribution in [3.8, 4) is 0 Å². The second kappa shape index (κ2) is 7.12. The SMILES string of the molecule is O=C(CSCc1ccc(Cl)cc1F)N1CCOCC1. The number of ether oxygens (including phenoxy) is 1. The van der Waals surface area contributed by atoms with Crippen LogP contribution in [0.3, 0.4) is 0 Å². The molecule has 0 atom stereocenters. The Labute approximate surface area is 121 Å². The molecule has 0 saturated carbocycles. The molecule has 1 aromatic carbocycles. The molecule has 1 fully saturated rings. The lowest BCUT2D eigenvalue weighted by Gasteiger charge is -2.26. The molecule has 0 N–H and O–H groups in total. The van der Waals surface area contributed by atoms with Crippen LogP contribution in [0.15, 0.2) is 18.2 Å². The lowest BCUT2D eigenvalue weighted by Crippen LogP contribution is -2.41. The van der Waals surface area contributed by atoms with Crippen molar-refractivity contribution in [3.63, 3.8) is 0 Å². The Bertz CT molecular complexity index is 452. The summed E-state index contributed by atoms with van der Waals surface area (Å²) in [5, 5.41) is 0.385. The third-order valence-corrected chi connectivity index (χ3v) is 4.06. The normalized spacial score (nSPS) is 15.6. The minimum atomic E-state index is -0.321. The van der Waals surface area contributed by atoms with Gasteiger partial charge in [0.25, 0.3) is 0 Å².